The molecular formula is C24H25NO6. The number of aromatic hydroxyl groups is 1. The zero-order chi connectivity index (χ0) is 22.7. The number of hydrogen-bond acceptors (Lipinski definition) is 6. The zero-order valence-electron chi connectivity index (χ0n) is 17.9. The second-order valence-electron chi connectivity index (χ2n) is 7.79. The summed E-state index contributed by atoms with van der Waals surface area (Å²) in [6.45, 7) is 6.90. The van der Waals surface area contributed by atoms with E-state index in [9.17, 15) is 19.5 Å². The van der Waals surface area contributed by atoms with Gasteiger partial charge in [-0.1, -0.05) is 32.0 Å². The van der Waals surface area contributed by atoms with Crippen LogP contribution in [0.1, 0.15) is 40.9 Å². The van der Waals surface area contributed by atoms with Crippen LogP contribution in [-0.4, -0.2) is 23.0 Å². The van der Waals surface area contributed by atoms with Crippen molar-refractivity contribution < 1.29 is 23.8 Å². The lowest BCUT2D eigenvalue weighted by Crippen LogP contribution is -2.45. The lowest BCUT2D eigenvalue weighted by atomic mass is 10.0. The first-order chi connectivity index (χ1) is 14.7. The fourth-order valence-corrected chi connectivity index (χ4v) is 3.32. The first-order valence-electron chi connectivity index (χ1n) is 9.97. The van der Waals surface area contributed by atoms with Crippen molar-refractivity contribution in [3.63, 3.8) is 0 Å². The molecule has 0 bridgehead atoms. The molecule has 1 atom stereocenters. The van der Waals surface area contributed by atoms with Crippen LogP contribution < -0.4 is 10.9 Å². The van der Waals surface area contributed by atoms with Crippen LogP contribution in [0, 0.1) is 19.8 Å². The van der Waals surface area contributed by atoms with Gasteiger partial charge >= 0.3 is 11.6 Å². The Hall–Kier alpha value is -3.61. The number of rotatable bonds is 6. The second-order valence-corrected chi connectivity index (χ2v) is 7.79. The highest BCUT2D eigenvalue weighted by molar-refractivity contribution is 5.98. The van der Waals surface area contributed by atoms with E-state index in [0.29, 0.717) is 22.1 Å². The lowest BCUT2D eigenvalue weighted by molar-refractivity contribution is -0.148. The number of hydrogen-bond donors (Lipinski definition) is 2. The molecular weight excluding hydrogens is 398 g/mol. The Morgan fingerprint density at radius 2 is 1.84 bits per heavy atom. The van der Waals surface area contributed by atoms with Gasteiger partial charge in [0.2, 0.25) is 0 Å². The molecule has 0 saturated carbocycles. The summed E-state index contributed by atoms with van der Waals surface area (Å²) in [6.07, 6.45) is 0. The summed E-state index contributed by atoms with van der Waals surface area (Å²) in [6, 6.07) is 10.6. The van der Waals surface area contributed by atoms with E-state index in [2.05, 4.69) is 5.32 Å². The first kappa shape index (κ1) is 22.1. The van der Waals surface area contributed by atoms with Crippen molar-refractivity contribution in [2.75, 3.05) is 0 Å². The van der Waals surface area contributed by atoms with Crippen molar-refractivity contribution in [3.8, 4) is 5.75 Å². The minimum atomic E-state index is -0.857. The molecule has 31 heavy (non-hydrogen) atoms. The fraction of sp³-hybridized carbons (Fsp3) is 0.292. The molecule has 0 fully saturated rings. The summed E-state index contributed by atoms with van der Waals surface area (Å²) in [5.74, 6) is -1.17. The van der Waals surface area contributed by atoms with Gasteiger partial charge in [-0.05, 0) is 43.5 Å². The standard InChI is InChI=1S/C24H25NO6/c1-13(2)21(25-23(28)17-8-6-5-7-14(17)3)24(29)30-12-16-11-20(27)31-22-15(4)19(26)10-9-18(16)22/h5-11,13,21,26H,12H2,1-4H3,(H,25,28)/t21-/m0/s1. The van der Waals surface area contributed by atoms with Crippen LogP contribution in [-0.2, 0) is 16.1 Å². The van der Waals surface area contributed by atoms with E-state index < -0.39 is 17.6 Å². The van der Waals surface area contributed by atoms with Gasteiger partial charge in [0.25, 0.3) is 5.91 Å². The van der Waals surface area contributed by atoms with Crippen molar-refractivity contribution in [1.29, 1.82) is 0 Å². The monoisotopic (exact) mass is 423 g/mol. The molecule has 0 unspecified atom stereocenters. The molecule has 0 spiro atoms. The molecule has 0 saturated heterocycles. The highest BCUT2D eigenvalue weighted by Gasteiger charge is 2.27. The molecule has 0 radical (unpaired) electrons. The third-order valence-corrected chi connectivity index (χ3v) is 5.18. The molecule has 1 amide bonds. The van der Waals surface area contributed by atoms with E-state index in [1.54, 1.807) is 25.1 Å². The third kappa shape index (κ3) is 4.77. The molecule has 1 aromatic heterocycles. The number of phenolic OH excluding ortho intramolecular Hbond substituents is 1. The number of amides is 1. The summed E-state index contributed by atoms with van der Waals surface area (Å²) >= 11 is 0. The molecule has 0 aliphatic heterocycles. The van der Waals surface area contributed by atoms with Crippen LogP contribution in [0.4, 0.5) is 0 Å². The van der Waals surface area contributed by atoms with Crippen molar-refractivity contribution in [2.45, 2.75) is 40.3 Å². The summed E-state index contributed by atoms with van der Waals surface area (Å²) < 4.78 is 10.7. The van der Waals surface area contributed by atoms with Crippen LogP contribution in [0.2, 0.25) is 0 Å². The van der Waals surface area contributed by atoms with Crippen molar-refractivity contribution in [3.05, 3.63) is 75.1 Å². The maximum Gasteiger partial charge on any atom is 0.336 e. The van der Waals surface area contributed by atoms with Crippen LogP contribution in [0.15, 0.2) is 51.7 Å². The van der Waals surface area contributed by atoms with E-state index >= 15 is 0 Å². The summed E-state index contributed by atoms with van der Waals surface area (Å²) in [4.78, 5) is 37.4. The normalized spacial score (nSPS) is 12.0. The highest BCUT2D eigenvalue weighted by Crippen LogP contribution is 2.27. The average Bonchev–Trinajstić information content (AvgIpc) is 2.73. The average molecular weight is 423 g/mol. The number of benzene rings is 2. The van der Waals surface area contributed by atoms with Gasteiger partial charge in [0.1, 0.15) is 24.0 Å². The van der Waals surface area contributed by atoms with Gasteiger partial charge in [0.05, 0.1) is 0 Å². The predicted molar refractivity (Wildman–Crippen MR) is 116 cm³/mol. The van der Waals surface area contributed by atoms with Gasteiger partial charge < -0.3 is 19.6 Å². The van der Waals surface area contributed by atoms with Gasteiger partial charge in [-0.15, -0.1) is 0 Å². The van der Waals surface area contributed by atoms with E-state index in [-0.39, 0.29) is 29.8 Å². The largest absolute Gasteiger partial charge is 0.508 e. The summed E-state index contributed by atoms with van der Waals surface area (Å²) in [5.41, 5.74) is 1.80. The smallest absolute Gasteiger partial charge is 0.336 e. The summed E-state index contributed by atoms with van der Waals surface area (Å²) in [5, 5.41) is 13.2. The fourth-order valence-electron chi connectivity index (χ4n) is 3.32. The molecule has 1 heterocycles. The summed E-state index contributed by atoms with van der Waals surface area (Å²) in [7, 11) is 0. The number of ether oxygens (including phenoxy) is 1. The van der Waals surface area contributed by atoms with Crippen molar-refractivity contribution in [1.82, 2.24) is 5.32 Å². The molecule has 2 N–H and O–H groups in total. The van der Waals surface area contributed by atoms with Crippen LogP contribution in [0.25, 0.3) is 11.0 Å². The van der Waals surface area contributed by atoms with Gasteiger partial charge in [-0.25, -0.2) is 9.59 Å². The van der Waals surface area contributed by atoms with E-state index in [1.807, 2.05) is 32.9 Å². The van der Waals surface area contributed by atoms with Gasteiger partial charge in [0, 0.05) is 28.1 Å². The SMILES string of the molecule is Cc1ccccc1C(=O)N[C@H](C(=O)OCc1cc(=O)oc2c(C)c(O)ccc12)C(C)C. The van der Waals surface area contributed by atoms with Crippen LogP contribution in [0.3, 0.4) is 0 Å². The topological polar surface area (TPSA) is 106 Å². The van der Waals surface area contributed by atoms with Crippen LogP contribution in [0.5, 0.6) is 5.75 Å². The van der Waals surface area contributed by atoms with Crippen LogP contribution >= 0.6 is 0 Å². The number of phenols is 1. The third-order valence-electron chi connectivity index (χ3n) is 5.18. The molecule has 3 rings (SSSR count). The Morgan fingerprint density at radius 1 is 1.13 bits per heavy atom. The van der Waals surface area contributed by atoms with Gasteiger partial charge in [-0.2, -0.15) is 0 Å². The Balaban J connectivity index is 1.80. The number of nitrogens with one attached hydrogen (secondary N) is 1. The molecule has 162 valence electrons. The molecule has 0 aliphatic rings. The molecule has 0 aliphatic carbocycles. The minimum Gasteiger partial charge on any atom is -0.508 e. The zero-order valence-corrected chi connectivity index (χ0v) is 17.9. The van der Waals surface area contributed by atoms with E-state index in [0.717, 1.165) is 5.56 Å². The second kappa shape index (κ2) is 9.04. The lowest BCUT2D eigenvalue weighted by Gasteiger charge is -2.21. The number of carbonyl (C=O) groups excluding carboxylic acids is 2. The van der Waals surface area contributed by atoms with E-state index in [4.69, 9.17) is 9.15 Å². The Kier molecular flexibility index (Phi) is 6.44. The van der Waals surface area contributed by atoms with Crippen molar-refractivity contribution in [2.24, 2.45) is 5.92 Å². The molecule has 7 nitrogen and oxygen atoms in total. The Morgan fingerprint density at radius 3 is 2.52 bits per heavy atom. The number of carbonyl (C=O) groups is 2. The molecule has 7 heteroatoms. The molecule has 2 aromatic carbocycles. The maximum absolute atomic E-state index is 12.8. The predicted octanol–water partition coefficient (Wildman–Crippen LogP) is 3.61. The van der Waals surface area contributed by atoms with Gasteiger partial charge in [0.15, 0.2) is 0 Å². The number of esters is 1. The first-order valence-corrected chi connectivity index (χ1v) is 9.97. The Labute approximate surface area is 179 Å². The number of aryl methyl sites for hydroxylation is 2. The quantitative estimate of drug-likeness (QED) is 0.463. The highest BCUT2D eigenvalue weighted by atomic mass is 16.5. The minimum absolute atomic E-state index is 0.00332. The number of fused-ring (bicyclic) bond motifs is 1. The molecule has 3 aromatic rings. The van der Waals surface area contributed by atoms with Gasteiger partial charge in [-0.3, -0.25) is 4.79 Å². The Bertz CT molecular complexity index is 1190. The van der Waals surface area contributed by atoms with E-state index in [1.165, 1.54) is 12.1 Å². The maximum atomic E-state index is 12.8. The van der Waals surface area contributed by atoms with Crippen molar-refractivity contribution >= 4 is 22.8 Å².